The Morgan fingerprint density at radius 3 is 2.50 bits per heavy atom. The van der Waals surface area contributed by atoms with Gasteiger partial charge in [0.2, 0.25) is 0 Å². The molecule has 0 atom stereocenters. The summed E-state index contributed by atoms with van der Waals surface area (Å²) in [5.74, 6) is -1.03. The van der Waals surface area contributed by atoms with Gasteiger partial charge in [0, 0.05) is 19.6 Å². The van der Waals surface area contributed by atoms with Crippen LogP contribution in [-0.4, -0.2) is 50.0 Å². The van der Waals surface area contributed by atoms with Crippen LogP contribution in [0.1, 0.15) is 0 Å². The quantitative estimate of drug-likeness (QED) is 0.372. The molecule has 0 radical (unpaired) electrons. The summed E-state index contributed by atoms with van der Waals surface area (Å²) in [5.41, 5.74) is 5.15. The molecule has 82 valence electrons. The minimum absolute atomic E-state index is 0.169. The van der Waals surface area contributed by atoms with Gasteiger partial charge in [-0.05, 0) is 0 Å². The van der Waals surface area contributed by atoms with E-state index in [1.165, 1.54) is 0 Å². The molecule has 0 bridgehead atoms. The lowest BCUT2D eigenvalue weighted by Gasteiger charge is -2.05. The molecule has 0 saturated carbocycles. The fourth-order valence-corrected chi connectivity index (χ4v) is 0.644. The van der Waals surface area contributed by atoms with Crippen molar-refractivity contribution in [3.63, 3.8) is 0 Å². The van der Waals surface area contributed by atoms with Crippen LogP contribution in [0.25, 0.3) is 0 Å². The molecule has 0 rings (SSSR count). The normalized spacial score (nSPS) is 9.50. The predicted molar refractivity (Wildman–Crippen MR) is 48.9 cm³/mol. The minimum atomic E-state index is -1.03. The van der Waals surface area contributed by atoms with Crippen molar-refractivity contribution in [3.8, 4) is 0 Å². The summed E-state index contributed by atoms with van der Waals surface area (Å²) in [5, 5.41) is 13.2. The van der Waals surface area contributed by atoms with Crippen molar-refractivity contribution in [2.24, 2.45) is 5.73 Å². The molecule has 0 aliphatic rings. The maximum atomic E-state index is 10.8. The smallest absolute Gasteiger partial charge is 0.329 e. The highest BCUT2D eigenvalue weighted by molar-refractivity contribution is 5.73. The topological polar surface area (TPSA) is 114 Å². The van der Waals surface area contributed by atoms with Crippen molar-refractivity contribution < 1.29 is 19.4 Å². The second-order valence-electron chi connectivity index (χ2n) is 2.42. The van der Waals surface area contributed by atoms with E-state index in [0.29, 0.717) is 13.1 Å². The summed E-state index contributed by atoms with van der Waals surface area (Å²) in [7, 11) is 0. The molecule has 0 unspecified atom stereocenters. The third kappa shape index (κ3) is 8.75. The van der Waals surface area contributed by atoms with E-state index < -0.39 is 5.97 Å². The van der Waals surface area contributed by atoms with Gasteiger partial charge in [0.15, 0.2) is 0 Å². The number of ether oxygens (including phenoxy) is 1. The highest BCUT2D eigenvalue weighted by Crippen LogP contribution is 1.73. The molecule has 0 spiro atoms. The van der Waals surface area contributed by atoms with E-state index in [2.05, 4.69) is 15.4 Å². The number of carboxylic acid groups (broad SMARTS) is 1. The zero-order chi connectivity index (χ0) is 10.8. The van der Waals surface area contributed by atoms with Crippen molar-refractivity contribution in [1.82, 2.24) is 10.6 Å². The van der Waals surface area contributed by atoms with Crippen molar-refractivity contribution >= 4 is 12.0 Å². The van der Waals surface area contributed by atoms with Gasteiger partial charge in [0.25, 0.3) is 0 Å². The van der Waals surface area contributed by atoms with Gasteiger partial charge in [-0.3, -0.25) is 0 Å². The Morgan fingerprint density at radius 1 is 1.29 bits per heavy atom. The summed E-state index contributed by atoms with van der Waals surface area (Å²) < 4.78 is 4.68. The summed E-state index contributed by atoms with van der Waals surface area (Å²) in [4.78, 5) is 20.8. The number of rotatable bonds is 7. The van der Waals surface area contributed by atoms with Gasteiger partial charge >= 0.3 is 12.0 Å². The number of carbonyl (C=O) groups excluding carboxylic acids is 1. The first-order valence-electron chi connectivity index (χ1n) is 4.18. The number of hydrogen-bond donors (Lipinski definition) is 4. The number of nitrogens with one attached hydrogen (secondary N) is 2. The number of carboxylic acids is 1. The lowest BCUT2D eigenvalue weighted by atomic mass is 10.6. The Kier molecular flexibility index (Phi) is 7.48. The molecule has 0 fully saturated rings. The second-order valence-corrected chi connectivity index (χ2v) is 2.42. The number of aliphatic carboxylic acids is 1. The van der Waals surface area contributed by atoms with E-state index in [-0.39, 0.29) is 25.8 Å². The molecular formula is C7H15N3O4. The molecule has 2 amide bonds. The Labute approximate surface area is 81.6 Å². The molecule has 0 aliphatic heterocycles. The van der Waals surface area contributed by atoms with E-state index in [0.717, 1.165) is 0 Å². The third-order valence-electron chi connectivity index (χ3n) is 1.19. The van der Waals surface area contributed by atoms with E-state index in [1.54, 1.807) is 0 Å². The molecule has 7 heteroatoms. The van der Waals surface area contributed by atoms with Gasteiger partial charge < -0.3 is 26.2 Å². The Hall–Kier alpha value is -1.34. The Morgan fingerprint density at radius 2 is 1.93 bits per heavy atom. The molecule has 0 aromatic rings. The zero-order valence-corrected chi connectivity index (χ0v) is 7.78. The van der Waals surface area contributed by atoms with Crippen LogP contribution in [0.2, 0.25) is 0 Å². The fraction of sp³-hybridized carbons (Fsp3) is 0.714. The van der Waals surface area contributed by atoms with E-state index in [4.69, 9.17) is 10.8 Å². The minimum Gasteiger partial charge on any atom is -0.480 e. The lowest BCUT2D eigenvalue weighted by molar-refractivity contribution is -0.142. The van der Waals surface area contributed by atoms with E-state index in [9.17, 15) is 9.59 Å². The van der Waals surface area contributed by atoms with Crippen LogP contribution in [0.15, 0.2) is 0 Å². The molecule has 7 nitrogen and oxygen atoms in total. The van der Waals surface area contributed by atoms with Gasteiger partial charge in [-0.1, -0.05) is 0 Å². The van der Waals surface area contributed by atoms with E-state index in [1.807, 2.05) is 0 Å². The maximum absolute atomic E-state index is 10.8. The molecule has 0 aliphatic carbocycles. The SMILES string of the molecule is NCCNC(=O)NCCOCC(=O)O. The first-order chi connectivity index (χ1) is 6.66. The van der Waals surface area contributed by atoms with Crippen molar-refractivity contribution in [2.75, 3.05) is 32.8 Å². The fourth-order valence-electron chi connectivity index (χ4n) is 0.644. The standard InChI is InChI=1S/C7H15N3O4/c8-1-2-9-7(13)10-3-4-14-5-6(11)12/h1-5,8H2,(H,11,12)(H2,9,10,13). The summed E-state index contributed by atoms with van der Waals surface area (Å²) >= 11 is 0. The van der Waals surface area contributed by atoms with Crippen molar-refractivity contribution in [3.05, 3.63) is 0 Å². The predicted octanol–water partition coefficient (Wildman–Crippen LogP) is -1.65. The molecule has 5 N–H and O–H groups in total. The average Bonchev–Trinajstić information content (AvgIpc) is 2.13. The van der Waals surface area contributed by atoms with Crippen LogP contribution in [0, 0.1) is 0 Å². The van der Waals surface area contributed by atoms with Crippen LogP contribution >= 0.6 is 0 Å². The molecule has 0 heterocycles. The lowest BCUT2D eigenvalue weighted by Crippen LogP contribution is -2.39. The molecule has 0 aromatic heterocycles. The molecular weight excluding hydrogens is 190 g/mol. The number of urea groups is 1. The highest BCUT2D eigenvalue weighted by Gasteiger charge is 1.98. The van der Waals surface area contributed by atoms with Crippen molar-refractivity contribution in [1.29, 1.82) is 0 Å². The molecule has 0 saturated heterocycles. The zero-order valence-electron chi connectivity index (χ0n) is 7.78. The number of hydrogen-bond acceptors (Lipinski definition) is 4. The Balaban J connectivity index is 3.19. The molecule has 14 heavy (non-hydrogen) atoms. The third-order valence-corrected chi connectivity index (χ3v) is 1.19. The first-order valence-corrected chi connectivity index (χ1v) is 4.18. The highest BCUT2D eigenvalue weighted by atomic mass is 16.5. The van der Waals surface area contributed by atoms with Gasteiger partial charge in [0.1, 0.15) is 6.61 Å². The summed E-state index contributed by atoms with van der Waals surface area (Å²) in [6.45, 7) is 0.864. The van der Waals surface area contributed by atoms with Crippen LogP contribution in [-0.2, 0) is 9.53 Å². The van der Waals surface area contributed by atoms with Crippen LogP contribution < -0.4 is 16.4 Å². The van der Waals surface area contributed by atoms with E-state index >= 15 is 0 Å². The van der Waals surface area contributed by atoms with Gasteiger partial charge in [0.05, 0.1) is 6.61 Å². The number of carbonyl (C=O) groups is 2. The van der Waals surface area contributed by atoms with Crippen LogP contribution in [0.3, 0.4) is 0 Å². The second kappa shape index (κ2) is 8.27. The number of nitrogens with two attached hydrogens (primary N) is 1. The first kappa shape index (κ1) is 12.7. The largest absolute Gasteiger partial charge is 0.480 e. The van der Waals surface area contributed by atoms with Crippen LogP contribution in [0.4, 0.5) is 4.79 Å². The van der Waals surface area contributed by atoms with Crippen molar-refractivity contribution in [2.45, 2.75) is 0 Å². The monoisotopic (exact) mass is 205 g/mol. The Bertz CT molecular complexity index is 186. The van der Waals surface area contributed by atoms with Gasteiger partial charge in [-0.2, -0.15) is 0 Å². The maximum Gasteiger partial charge on any atom is 0.329 e. The van der Waals surface area contributed by atoms with Gasteiger partial charge in [-0.25, -0.2) is 9.59 Å². The molecule has 0 aromatic carbocycles. The summed E-state index contributed by atoms with van der Waals surface area (Å²) in [6, 6.07) is -0.339. The summed E-state index contributed by atoms with van der Waals surface area (Å²) in [6.07, 6.45) is 0. The number of amides is 2. The van der Waals surface area contributed by atoms with Crippen LogP contribution in [0.5, 0.6) is 0 Å². The van der Waals surface area contributed by atoms with Gasteiger partial charge in [-0.15, -0.1) is 0 Å². The average molecular weight is 205 g/mol.